The molecule has 2 aromatic carbocycles. The molecule has 0 saturated heterocycles. The SMILES string of the molecule is NCCCN[c-]1cccc1.[Fe+2].c1cc[cH-]c1. The largest absolute Gasteiger partial charge is 2.00 e. The maximum atomic E-state index is 5.33. The number of hydrogen-bond donors (Lipinski definition) is 2. The molecular formula is C13H18FeN2. The summed E-state index contributed by atoms with van der Waals surface area (Å²) in [6.07, 6.45) is 1.03. The summed E-state index contributed by atoms with van der Waals surface area (Å²) in [7, 11) is 0. The smallest absolute Gasteiger partial charge is 0.436 e. The number of hydrogen-bond acceptors (Lipinski definition) is 2. The van der Waals surface area contributed by atoms with Crippen molar-refractivity contribution in [3.8, 4) is 0 Å². The predicted molar refractivity (Wildman–Crippen MR) is 66.2 cm³/mol. The van der Waals surface area contributed by atoms with Crippen LogP contribution in [-0.4, -0.2) is 13.1 Å². The Labute approximate surface area is 108 Å². The van der Waals surface area contributed by atoms with Crippen LogP contribution in [0.3, 0.4) is 0 Å². The molecular weight excluding hydrogens is 240 g/mol. The Balaban J connectivity index is 0.000000318. The number of rotatable bonds is 4. The van der Waals surface area contributed by atoms with Gasteiger partial charge in [-0.3, -0.25) is 0 Å². The summed E-state index contributed by atoms with van der Waals surface area (Å²) in [6.45, 7) is 1.73. The van der Waals surface area contributed by atoms with Crippen molar-refractivity contribution in [2.45, 2.75) is 6.42 Å². The van der Waals surface area contributed by atoms with Crippen LogP contribution in [0.2, 0.25) is 0 Å². The van der Waals surface area contributed by atoms with Crippen LogP contribution >= 0.6 is 0 Å². The van der Waals surface area contributed by atoms with Gasteiger partial charge in [-0.2, -0.15) is 30.3 Å². The van der Waals surface area contributed by atoms with E-state index in [1.807, 2.05) is 42.5 Å². The van der Waals surface area contributed by atoms with Gasteiger partial charge < -0.3 is 11.1 Å². The summed E-state index contributed by atoms with van der Waals surface area (Å²) in [4.78, 5) is 0. The molecule has 0 bridgehead atoms. The van der Waals surface area contributed by atoms with Crippen molar-refractivity contribution in [3.63, 3.8) is 0 Å². The van der Waals surface area contributed by atoms with E-state index in [4.69, 9.17) is 5.73 Å². The standard InChI is InChI=1S/C8H13N2.C5H5.Fe/c9-6-3-7-10-8-4-1-2-5-8;1-2-4-5-3-1;/h1-2,4-5,10H,3,6-7,9H2;1-5H;/q2*-1;+2. The first-order valence-corrected chi connectivity index (χ1v) is 5.26. The van der Waals surface area contributed by atoms with E-state index in [2.05, 4.69) is 17.4 Å². The predicted octanol–water partition coefficient (Wildman–Crippen LogP) is 2.57. The van der Waals surface area contributed by atoms with Crippen molar-refractivity contribution in [2.75, 3.05) is 18.4 Å². The van der Waals surface area contributed by atoms with E-state index in [1.54, 1.807) is 0 Å². The molecule has 2 rings (SSSR count). The van der Waals surface area contributed by atoms with E-state index < -0.39 is 0 Å². The van der Waals surface area contributed by atoms with Crippen LogP contribution in [0.1, 0.15) is 6.42 Å². The van der Waals surface area contributed by atoms with E-state index in [0.717, 1.165) is 19.5 Å². The van der Waals surface area contributed by atoms with Crippen LogP contribution in [0, 0.1) is 0 Å². The number of nitrogens with two attached hydrogens (primary N) is 1. The topological polar surface area (TPSA) is 38.0 Å². The first-order valence-electron chi connectivity index (χ1n) is 5.26. The van der Waals surface area contributed by atoms with Gasteiger partial charge >= 0.3 is 17.1 Å². The maximum absolute atomic E-state index is 5.33. The molecule has 0 unspecified atom stereocenters. The van der Waals surface area contributed by atoms with Crippen LogP contribution in [0.5, 0.6) is 0 Å². The first-order chi connectivity index (χ1) is 7.43. The molecule has 2 aromatic rings. The van der Waals surface area contributed by atoms with Crippen molar-refractivity contribution in [3.05, 3.63) is 54.6 Å². The fourth-order valence-corrected chi connectivity index (χ4v) is 1.15. The number of nitrogens with one attached hydrogen (secondary N) is 1. The minimum absolute atomic E-state index is 0. The quantitative estimate of drug-likeness (QED) is 0.502. The Hall–Kier alpha value is -1.02. The van der Waals surface area contributed by atoms with Gasteiger partial charge in [-0.05, 0) is 13.0 Å². The molecule has 16 heavy (non-hydrogen) atoms. The summed E-state index contributed by atoms with van der Waals surface area (Å²) in [5.41, 5.74) is 6.52. The summed E-state index contributed by atoms with van der Waals surface area (Å²) in [6, 6.07) is 18.1. The Morgan fingerprint density at radius 3 is 2.12 bits per heavy atom. The molecule has 0 heterocycles. The normalized spacial score (nSPS) is 8.56. The van der Waals surface area contributed by atoms with Gasteiger partial charge in [0, 0.05) is 6.54 Å². The summed E-state index contributed by atoms with van der Waals surface area (Å²) >= 11 is 0. The molecule has 0 aliphatic rings. The van der Waals surface area contributed by atoms with E-state index in [0.29, 0.717) is 0 Å². The Bertz CT molecular complexity index is 283. The average Bonchev–Trinajstić information content (AvgIpc) is 2.94. The molecule has 88 valence electrons. The molecule has 0 spiro atoms. The van der Waals surface area contributed by atoms with Gasteiger partial charge in [0.15, 0.2) is 0 Å². The van der Waals surface area contributed by atoms with Crippen molar-refractivity contribution in [2.24, 2.45) is 5.73 Å². The van der Waals surface area contributed by atoms with Crippen molar-refractivity contribution >= 4 is 5.69 Å². The summed E-state index contributed by atoms with van der Waals surface area (Å²) in [5.74, 6) is 0. The Morgan fingerprint density at radius 2 is 1.69 bits per heavy atom. The minimum Gasteiger partial charge on any atom is -0.436 e. The van der Waals surface area contributed by atoms with Crippen LogP contribution in [0.15, 0.2) is 54.6 Å². The van der Waals surface area contributed by atoms with Crippen LogP contribution in [-0.2, 0) is 17.1 Å². The number of anilines is 1. The first kappa shape index (κ1) is 15.0. The second kappa shape index (κ2) is 10.5. The zero-order valence-corrected chi connectivity index (χ0v) is 10.4. The van der Waals surface area contributed by atoms with Crippen LogP contribution in [0.4, 0.5) is 5.69 Å². The molecule has 0 aliphatic heterocycles. The van der Waals surface area contributed by atoms with E-state index in [9.17, 15) is 0 Å². The molecule has 3 heteroatoms. The van der Waals surface area contributed by atoms with Crippen molar-refractivity contribution < 1.29 is 17.1 Å². The zero-order chi connectivity index (χ0) is 10.8. The summed E-state index contributed by atoms with van der Waals surface area (Å²) < 4.78 is 0. The molecule has 2 nitrogen and oxygen atoms in total. The second-order valence-corrected chi connectivity index (χ2v) is 3.20. The van der Waals surface area contributed by atoms with Gasteiger partial charge in [0.1, 0.15) is 0 Å². The zero-order valence-electron chi connectivity index (χ0n) is 9.25. The van der Waals surface area contributed by atoms with Gasteiger partial charge in [-0.15, -0.1) is 0 Å². The third kappa shape index (κ3) is 7.29. The molecule has 0 saturated carbocycles. The van der Waals surface area contributed by atoms with Gasteiger partial charge in [-0.1, -0.05) is 5.69 Å². The monoisotopic (exact) mass is 258 g/mol. The van der Waals surface area contributed by atoms with Crippen molar-refractivity contribution in [1.29, 1.82) is 0 Å². The third-order valence-electron chi connectivity index (χ3n) is 1.93. The Morgan fingerprint density at radius 1 is 1.06 bits per heavy atom. The van der Waals surface area contributed by atoms with Gasteiger partial charge in [0.05, 0.1) is 0 Å². The Kier molecular flexibility index (Phi) is 9.83. The molecule has 0 radical (unpaired) electrons. The maximum Gasteiger partial charge on any atom is 2.00 e. The van der Waals surface area contributed by atoms with E-state index in [1.165, 1.54) is 5.69 Å². The minimum atomic E-state index is 0. The molecule has 0 atom stereocenters. The average molecular weight is 258 g/mol. The van der Waals surface area contributed by atoms with E-state index in [-0.39, 0.29) is 17.1 Å². The molecule has 0 fully saturated rings. The van der Waals surface area contributed by atoms with Crippen molar-refractivity contribution in [1.82, 2.24) is 0 Å². The van der Waals surface area contributed by atoms with E-state index >= 15 is 0 Å². The van der Waals surface area contributed by atoms with Gasteiger partial charge in [-0.25, -0.2) is 24.3 Å². The van der Waals surface area contributed by atoms with Gasteiger partial charge in [0.2, 0.25) is 0 Å². The fraction of sp³-hybridized carbons (Fsp3) is 0.231. The third-order valence-corrected chi connectivity index (χ3v) is 1.93. The van der Waals surface area contributed by atoms with Crippen LogP contribution < -0.4 is 11.1 Å². The fourth-order valence-electron chi connectivity index (χ4n) is 1.15. The molecule has 0 amide bonds. The molecule has 3 N–H and O–H groups in total. The van der Waals surface area contributed by atoms with Gasteiger partial charge in [0.25, 0.3) is 0 Å². The summed E-state index contributed by atoms with van der Waals surface area (Å²) in [5, 5.41) is 3.25. The molecule has 0 aliphatic carbocycles. The molecule has 0 aromatic heterocycles. The second-order valence-electron chi connectivity index (χ2n) is 3.20. The van der Waals surface area contributed by atoms with Crippen LogP contribution in [0.25, 0.3) is 0 Å².